The molecule has 0 bridgehead atoms. The van der Waals surface area contributed by atoms with Crippen LogP contribution in [0.3, 0.4) is 0 Å². The summed E-state index contributed by atoms with van der Waals surface area (Å²) < 4.78 is 38.9. The summed E-state index contributed by atoms with van der Waals surface area (Å²) in [6.07, 6.45) is -2.86. The molecule has 3 aromatic rings. The van der Waals surface area contributed by atoms with Crippen molar-refractivity contribution in [2.75, 3.05) is 11.1 Å². The quantitative estimate of drug-likeness (QED) is 0.665. The van der Waals surface area contributed by atoms with Crippen molar-refractivity contribution >= 4 is 34.3 Å². The third kappa shape index (κ3) is 4.11. The first-order valence-corrected chi connectivity index (χ1v) is 8.36. The Labute approximate surface area is 146 Å². The molecule has 0 aliphatic rings. The Morgan fingerprint density at radius 2 is 1.80 bits per heavy atom. The molecule has 0 radical (unpaired) electrons. The molecule has 0 aliphatic carbocycles. The highest BCUT2D eigenvalue weighted by atomic mass is 32.2. The van der Waals surface area contributed by atoms with E-state index >= 15 is 0 Å². The maximum absolute atomic E-state index is 13.0. The fourth-order valence-electron chi connectivity index (χ4n) is 2.36. The van der Waals surface area contributed by atoms with Crippen LogP contribution < -0.4 is 5.32 Å². The fourth-order valence-corrected chi connectivity index (χ4v) is 3.20. The van der Waals surface area contributed by atoms with Gasteiger partial charge in [0.15, 0.2) is 0 Å². The van der Waals surface area contributed by atoms with Gasteiger partial charge in [-0.2, -0.15) is 13.2 Å². The molecule has 3 rings (SSSR count). The van der Waals surface area contributed by atoms with Crippen LogP contribution in [0.15, 0.2) is 65.7 Å². The number of thioether (sulfide) groups is 1. The van der Waals surface area contributed by atoms with Gasteiger partial charge in [-0.3, -0.25) is 9.78 Å². The highest BCUT2D eigenvalue weighted by molar-refractivity contribution is 8.00. The summed E-state index contributed by atoms with van der Waals surface area (Å²) in [5.41, 5.74) is -0.338. The number of para-hydroxylation sites is 2. The standard InChI is InChI=1S/C18H13F3N2OS/c19-18(20,21)13-7-1-2-8-14(13)23-16(24)11-25-15-9-3-5-12-6-4-10-22-17(12)15/h1-10H,11H2,(H,23,24). The predicted molar refractivity (Wildman–Crippen MR) is 92.5 cm³/mol. The first-order chi connectivity index (χ1) is 11.9. The molecule has 0 unspecified atom stereocenters. The molecule has 1 N–H and O–H groups in total. The van der Waals surface area contributed by atoms with E-state index in [0.29, 0.717) is 0 Å². The molecule has 0 aliphatic heterocycles. The summed E-state index contributed by atoms with van der Waals surface area (Å²) in [4.78, 5) is 17.2. The lowest BCUT2D eigenvalue weighted by Crippen LogP contribution is -2.18. The molecule has 0 fully saturated rings. The number of fused-ring (bicyclic) bond motifs is 1. The van der Waals surface area contributed by atoms with E-state index in [1.54, 1.807) is 6.20 Å². The van der Waals surface area contributed by atoms with Crippen molar-refractivity contribution in [3.05, 3.63) is 66.4 Å². The summed E-state index contributed by atoms with van der Waals surface area (Å²) in [6.45, 7) is 0. The molecule has 7 heteroatoms. The number of anilines is 1. The topological polar surface area (TPSA) is 42.0 Å². The van der Waals surface area contributed by atoms with Crippen molar-refractivity contribution in [1.82, 2.24) is 4.98 Å². The highest BCUT2D eigenvalue weighted by Crippen LogP contribution is 2.34. The highest BCUT2D eigenvalue weighted by Gasteiger charge is 2.33. The molecular weight excluding hydrogens is 349 g/mol. The van der Waals surface area contributed by atoms with Gasteiger partial charge in [-0.15, -0.1) is 11.8 Å². The van der Waals surface area contributed by atoms with E-state index in [1.165, 1.54) is 30.0 Å². The first kappa shape index (κ1) is 17.3. The van der Waals surface area contributed by atoms with E-state index in [0.717, 1.165) is 21.9 Å². The zero-order valence-corrected chi connectivity index (χ0v) is 13.7. The van der Waals surface area contributed by atoms with Crippen molar-refractivity contribution < 1.29 is 18.0 Å². The lowest BCUT2D eigenvalue weighted by molar-refractivity contribution is -0.137. The molecule has 0 saturated carbocycles. The van der Waals surface area contributed by atoms with Crippen LogP contribution in [-0.2, 0) is 11.0 Å². The fraction of sp³-hybridized carbons (Fsp3) is 0.111. The van der Waals surface area contributed by atoms with Gasteiger partial charge in [-0.1, -0.05) is 30.3 Å². The maximum Gasteiger partial charge on any atom is 0.418 e. The van der Waals surface area contributed by atoms with Crippen LogP contribution >= 0.6 is 11.8 Å². The first-order valence-electron chi connectivity index (χ1n) is 7.38. The van der Waals surface area contributed by atoms with Crippen LogP contribution in [0.2, 0.25) is 0 Å². The van der Waals surface area contributed by atoms with Crippen molar-refractivity contribution in [2.45, 2.75) is 11.1 Å². The zero-order chi connectivity index (χ0) is 17.9. The lowest BCUT2D eigenvalue weighted by atomic mass is 10.1. The summed E-state index contributed by atoms with van der Waals surface area (Å²) in [6, 6.07) is 14.2. The Hall–Kier alpha value is -2.54. The van der Waals surface area contributed by atoms with Gasteiger partial charge in [0.25, 0.3) is 0 Å². The number of halogens is 3. The van der Waals surface area contributed by atoms with Gasteiger partial charge in [0.1, 0.15) is 0 Å². The Morgan fingerprint density at radius 3 is 2.60 bits per heavy atom. The van der Waals surface area contributed by atoms with Gasteiger partial charge in [-0.25, -0.2) is 0 Å². The van der Waals surface area contributed by atoms with Gasteiger partial charge in [0.2, 0.25) is 5.91 Å². The average Bonchev–Trinajstić information content (AvgIpc) is 2.59. The van der Waals surface area contributed by atoms with Crippen LogP contribution in [0.4, 0.5) is 18.9 Å². The second kappa shape index (κ2) is 7.14. The molecule has 0 saturated heterocycles. The third-order valence-electron chi connectivity index (χ3n) is 3.46. The average molecular weight is 362 g/mol. The van der Waals surface area contributed by atoms with Crippen LogP contribution in [-0.4, -0.2) is 16.6 Å². The summed E-state index contributed by atoms with van der Waals surface area (Å²) in [5, 5.41) is 3.28. The van der Waals surface area contributed by atoms with E-state index in [-0.39, 0.29) is 11.4 Å². The SMILES string of the molecule is O=C(CSc1cccc2cccnc12)Nc1ccccc1C(F)(F)F. The lowest BCUT2D eigenvalue weighted by Gasteiger charge is -2.13. The number of pyridine rings is 1. The summed E-state index contributed by atoms with van der Waals surface area (Å²) in [7, 11) is 0. The number of hydrogen-bond acceptors (Lipinski definition) is 3. The van der Waals surface area contributed by atoms with Crippen molar-refractivity contribution in [2.24, 2.45) is 0 Å². The smallest absolute Gasteiger partial charge is 0.325 e. The van der Waals surface area contributed by atoms with E-state index in [1.807, 2.05) is 30.3 Å². The van der Waals surface area contributed by atoms with Crippen LogP contribution in [0.5, 0.6) is 0 Å². The maximum atomic E-state index is 13.0. The number of benzene rings is 2. The minimum Gasteiger partial charge on any atom is -0.325 e. The van der Waals surface area contributed by atoms with Crippen molar-refractivity contribution in [3.63, 3.8) is 0 Å². The largest absolute Gasteiger partial charge is 0.418 e. The van der Waals surface area contributed by atoms with Gasteiger partial charge in [0.05, 0.1) is 22.5 Å². The molecule has 0 atom stereocenters. The third-order valence-corrected chi connectivity index (χ3v) is 4.51. The molecule has 128 valence electrons. The Bertz CT molecular complexity index is 907. The van der Waals surface area contributed by atoms with Gasteiger partial charge in [0, 0.05) is 16.5 Å². The normalized spacial score (nSPS) is 11.5. The number of nitrogens with one attached hydrogen (secondary N) is 1. The number of alkyl halides is 3. The van der Waals surface area contributed by atoms with Crippen LogP contribution in [0.1, 0.15) is 5.56 Å². The Kier molecular flexibility index (Phi) is 4.94. The number of aromatic nitrogens is 1. The molecular formula is C18H13F3N2OS. The second-order valence-electron chi connectivity index (χ2n) is 5.21. The second-order valence-corrected chi connectivity index (χ2v) is 6.23. The Balaban J connectivity index is 1.72. The molecule has 2 aromatic carbocycles. The van der Waals surface area contributed by atoms with Gasteiger partial charge >= 0.3 is 6.18 Å². The van der Waals surface area contributed by atoms with Crippen LogP contribution in [0, 0.1) is 0 Å². The number of amides is 1. The molecule has 25 heavy (non-hydrogen) atoms. The van der Waals surface area contributed by atoms with E-state index in [4.69, 9.17) is 0 Å². The molecule has 1 aromatic heterocycles. The van der Waals surface area contributed by atoms with Crippen molar-refractivity contribution in [1.29, 1.82) is 0 Å². The number of carbonyl (C=O) groups excluding carboxylic acids is 1. The monoisotopic (exact) mass is 362 g/mol. The Morgan fingerprint density at radius 1 is 1.04 bits per heavy atom. The van der Waals surface area contributed by atoms with Crippen LogP contribution in [0.25, 0.3) is 10.9 Å². The number of carbonyl (C=O) groups is 1. The van der Waals surface area contributed by atoms with E-state index in [2.05, 4.69) is 10.3 Å². The van der Waals surface area contributed by atoms with Crippen molar-refractivity contribution in [3.8, 4) is 0 Å². The predicted octanol–water partition coefficient (Wildman–Crippen LogP) is 4.98. The van der Waals surface area contributed by atoms with E-state index in [9.17, 15) is 18.0 Å². The minimum absolute atomic E-state index is 0.0120. The van der Waals surface area contributed by atoms with Gasteiger partial charge in [-0.05, 0) is 24.3 Å². The number of rotatable bonds is 4. The zero-order valence-electron chi connectivity index (χ0n) is 12.9. The molecule has 1 heterocycles. The number of nitrogens with zero attached hydrogens (tertiary/aromatic N) is 1. The molecule has 0 spiro atoms. The summed E-state index contributed by atoms with van der Waals surface area (Å²) in [5.74, 6) is -0.517. The van der Waals surface area contributed by atoms with E-state index < -0.39 is 17.6 Å². The molecule has 1 amide bonds. The molecule has 3 nitrogen and oxygen atoms in total. The minimum atomic E-state index is -4.52. The van der Waals surface area contributed by atoms with Gasteiger partial charge < -0.3 is 5.32 Å². The number of hydrogen-bond donors (Lipinski definition) is 1. The summed E-state index contributed by atoms with van der Waals surface area (Å²) >= 11 is 1.23.